The fourth-order valence-electron chi connectivity index (χ4n) is 3.57. The lowest BCUT2D eigenvalue weighted by atomic mass is 10.1. The van der Waals surface area contributed by atoms with Crippen molar-refractivity contribution < 1.29 is 13.2 Å². The number of rotatable bonds is 5. The zero-order chi connectivity index (χ0) is 22.9. The van der Waals surface area contributed by atoms with Crippen LogP contribution in [0.4, 0.5) is 0 Å². The first-order valence-electron chi connectivity index (χ1n) is 9.81. The maximum absolute atomic E-state index is 13.0. The van der Waals surface area contributed by atoms with Crippen LogP contribution < -0.4 is 15.9 Å². The number of sulfonamides is 1. The van der Waals surface area contributed by atoms with Gasteiger partial charge in [0.25, 0.3) is 5.91 Å². The van der Waals surface area contributed by atoms with Gasteiger partial charge in [-0.2, -0.15) is 0 Å². The summed E-state index contributed by atoms with van der Waals surface area (Å²) >= 11 is 6.17. The van der Waals surface area contributed by atoms with E-state index >= 15 is 0 Å². The van der Waals surface area contributed by atoms with Crippen LogP contribution in [0.1, 0.15) is 12.0 Å². The Morgan fingerprint density at radius 1 is 1.19 bits per heavy atom. The summed E-state index contributed by atoms with van der Waals surface area (Å²) in [5.74, 6) is -0.406. The SMILES string of the molecule is NS(=O)(=O)C1C=CC(C(=O)NCc2cn(-c3ccccc3)c3cc(Cl)ccc3c2=O)=CC1. The van der Waals surface area contributed by atoms with Crippen molar-refractivity contribution in [2.45, 2.75) is 18.2 Å². The maximum atomic E-state index is 13.0. The van der Waals surface area contributed by atoms with Gasteiger partial charge >= 0.3 is 0 Å². The molecular formula is C23H20ClN3O4S. The molecular weight excluding hydrogens is 450 g/mol. The predicted molar refractivity (Wildman–Crippen MR) is 125 cm³/mol. The summed E-state index contributed by atoms with van der Waals surface area (Å²) in [6.07, 6.45) is 6.16. The van der Waals surface area contributed by atoms with E-state index in [1.54, 1.807) is 24.4 Å². The highest BCUT2D eigenvalue weighted by Crippen LogP contribution is 2.22. The summed E-state index contributed by atoms with van der Waals surface area (Å²) in [6.45, 7) is 0.00681. The highest BCUT2D eigenvalue weighted by atomic mass is 35.5. The number of nitrogens with one attached hydrogen (secondary N) is 1. The Balaban J connectivity index is 1.63. The molecule has 4 rings (SSSR count). The number of primary sulfonamides is 1. The number of nitrogens with two attached hydrogens (primary N) is 1. The van der Waals surface area contributed by atoms with Gasteiger partial charge < -0.3 is 9.88 Å². The van der Waals surface area contributed by atoms with E-state index in [1.807, 2.05) is 34.9 Å². The van der Waals surface area contributed by atoms with Crippen molar-refractivity contribution in [2.24, 2.45) is 5.14 Å². The zero-order valence-electron chi connectivity index (χ0n) is 16.9. The molecule has 32 heavy (non-hydrogen) atoms. The Kier molecular flexibility index (Phi) is 6.01. The third kappa shape index (κ3) is 4.52. The Morgan fingerprint density at radius 2 is 1.94 bits per heavy atom. The van der Waals surface area contributed by atoms with Gasteiger partial charge in [-0.1, -0.05) is 48.0 Å². The highest BCUT2D eigenvalue weighted by Gasteiger charge is 2.22. The van der Waals surface area contributed by atoms with Crippen LogP contribution in [0.15, 0.2) is 83.3 Å². The Bertz CT molecular complexity index is 1430. The number of carbonyl (C=O) groups is 1. The molecule has 1 amide bonds. The molecule has 0 fully saturated rings. The number of nitrogens with zero attached hydrogens (tertiary/aromatic N) is 1. The number of halogens is 1. The van der Waals surface area contributed by atoms with E-state index < -0.39 is 21.2 Å². The monoisotopic (exact) mass is 469 g/mol. The molecule has 3 N–H and O–H groups in total. The summed E-state index contributed by atoms with van der Waals surface area (Å²) in [5, 5.41) is 8.04. The number of hydrogen-bond donors (Lipinski definition) is 2. The van der Waals surface area contributed by atoms with Gasteiger partial charge in [-0.05, 0) is 36.8 Å². The van der Waals surface area contributed by atoms with Crippen LogP contribution in [0, 0.1) is 0 Å². The average Bonchev–Trinajstić information content (AvgIpc) is 2.78. The summed E-state index contributed by atoms with van der Waals surface area (Å²) < 4.78 is 24.7. The lowest BCUT2D eigenvalue weighted by molar-refractivity contribution is -0.117. The minimum atomic E-state index is -3.71. The number of amides is 1. The van der Waals surface area contributed by atoms with Crippen molar-refractivity contribution in [3.8, 4) is 5.69 Å². The van der Waals surface area contributed by atoms with Gasteiger partial charge in [0, 0.05) is 40.0 Å². The molecule has 1 atom stereocenters. The van der Waals surface area contributed by atoms with Gasteiger partial charge in [-0.3, -0.25) is 9.59 Å². The molecule has 0 saturated carbocycles. The van der Waals surface area contributed by atoms with Crippen molar-refractivity contribution in [1.82, 2.24) is 9.88 Å². The molecule has 0 bridgehead atoms. The zero-order valence-corrected chi connectivity index (χ0v) is 18.4. The number of benzene rings is 2. The number of hydrogen-bond acceptors (Lipinski definition) is 4. The van der Waals surface area contributed by atoms with Crippen molar-refractivity contribution in [3.63, 3.8) is 0 Å². The average molecular weight is 470 g/mol. The van der Waals surface area contributed by atoms with Crippen molar-refractivity contribution in [3.05, 3.63) is 99.3 Å². The molecule has 7 nitrogen and oxygen atoms in total. The van der Waals surface area contributed by atoms with Crippen LogP contribution in [0.25, 0.3) is 16.6 Å². The molecule has 0 aliphatic heterocycles. The molecule has 0 spiro atoms. The van der Waals surface area contributed by atoms with Crippen molar-refractivity contribution >= 4 is 38.4 Å². The summed E-state index contributed by atoms with van der Waals surface area (Å²) in [6, 6.07) is 14.6. The van der Waals surface area contributed by atoms with Crippen LogP contribution >= 0.6 is 11.6 Å². The first kappa shape index (κ1) is 22.0. The minimum absolute atomic E-state index is 0.00681. The van der Waals surface area contributed by atoms with E-state index in [0.29, 0.717) is 27.1 Å². The summed E-state index contributed by atoms with van der Waals surface area (Å²) in [4.78, 5) is 25.6. The second kappa shape index (κ2) is 8.74. The third-order valence-corrected chi connectivity index (χ3v) is 6.69. The first-order valence-corrected chi connectivity index (χ1v) is 11.8. The lowest BCUT2D eigenvalue weighted by Gasteiger charge is -2.16. The number of para-hydroxylation sites is 1. The van der Waals surface area contributed by atoms with Gasteiger partial charge in [0.1, 0.15) is 0 Å². The van der Waals surface area contributed by atoms with E-state index in [9.17, 15) is 18.0 Å². The molecule has 2 aromatic carbocycles. The van der Waals surface area contributed by atoms with Crippen LogP contribution in [0.5, 0.6) is 0 Å². The maximum Gasteiger partial charge on any atom is 0.251 e. The Morgan fingerprint density at radius 3 is 2.59 bits per heavy atom. The Labute approximate surface area is 189 Å². The van der Waals surface area contributed by atoms with Crippen LogP contribution in [0.3, 0.4) is 0 Å². The van der Waals surface area contributed by atoms with Crippen molar-refractivity contribution in [1.29, 1.82) is 0 Å². The molecule has 164 valence electrons. The standard InChI is InChI=1S/C23H20ClN3O4S/c24-17-8-11-20-21(12-17)27(18-4-2-1-3-5-18)14-16(22(20)28)13-26-23(29)15-6-9-19(10-7-15)32(25,30)31/h1-9,11-12,14,19H,10,13H2,(H,26,29)(H2,25,30,31). The second-order valence-corrected chi connectivity index (χ2v) is 9.63. The van der Waals surface area contributed by atoms with E-state index in [1.165, 1.54) is 18.2 Å². The molecule has 0 saturated heterocycles. The largest absolute Gasteiger partial charge is 0.348 e. The first-order chi connectivity index (χ1) is 15.2. The molecule has 1 heterocycles. The number of aromatic nitrogens is 1. The summed E-state index contributed by atoms with van der Waals surface area (Å²) in [7, 11) is -3.71. The molecule has 1 aromatic heterocycles. The smallest absolute Gasteiger partial charge is 0.251 e. The molecule has 0 radical (unpaired) electrons. The predicted octanol–water partition coefficient (Wildman–Crippen LogP) is 2.80. The van der Waals surface area contributed by atoms with E-state index in [4.69, 9.17) is 16.7 Å². The minimum Gasteiger partial charge on any atom is -0.348 e. The van der Waals surface area contributed by atoms with Crippen LogP contribution in [0.2, 0.25) is 5.02 Å². The second-order valence-electron chi connectivity index (χ2n) is 7.41. The van der Waals surface area contributed by atoms with Crippen molar-refractivity contribution in [2.75, 3.05) is 0 Å². The normalized spacial score (nSPS) is 16.1. The van der Waals surface area contributed by atoms with Gasteiger partial charge in [0.05, 0.1) is 10.8 Å². The number of fused-ring (bicyclic) bond motifs is 1. The third-order valence-electron chi connectivity index (χ3n) is 5.26. The lowest BCUT2D eigenvalue weighted by Crippen LogP contribution is -2.31. The van der Waals surface area contributed by atoms with Gasteiger partial charge in [0.2, 0.25) is 10.0 Å². The van der Waals surface area contributed by atoms with Crippen LogP contribution in [-0.2, 0) is 21.4 Å². The molecule has 1 aliphatic carbocycles. The van der Waals surface area contributed by atoms with Crippen LogP contribution in [-0.4, -0.2) is 24.1 Å². The van der Waals surface area contributed by atoms with E-state index in [0.717, 1.165) is 5.69 Å². The number of pyridine rings is 1. The summed E-state index contributed by atoms with van der Waals surface area (Å²) in [5.41, 5.74) is 2.03. The number of allylic oxidation sites excluding steroid dienone is 1. The topological polar surface area (TPSA) is 111 Å². The van der Waals surface area contributed by atoms with Gasteiger partial charge in [-0.15, -0.1) is 0 Å². The van der Waals surface area contributed by atoms with E-state index in [2.05, 4.69) is 5.32 Å². The van der Waals surface area contributed by atoms with Gasteiger partial charge in [-0.25, -0.2) is 13.6 Å². The molecule has 9 heteroatoms. The molecule has 3 aromatic rings. The van der Waals surface area contributed by atoms with E-state index in [-0.39, 0.29) is 18.4 Å². The quantitative estimate of drug-likeness (QED) is 0.598. The molecule has 1 aliphatic rings. The fourth-order valence-corrected chi connectivity index (χ4v) is 4.40. The molecule has 1 unspecified atom stereocenters. The number of carbonyl (C=O) groups excluding carboxylic acids is 1. The van der Waals surface area contributed by atoms with Gasteiger partial charge in [0.15, 0.2) is 5.43 Å². The Hall–Kier alpha value is -3.20. The highest BCUT2D eigenvalue weighted by molar-refractivity contribution is 7.89. The fraction of sp³-hybridized carbons (Fsp3) is 0.130.